The van der Waals surface area contributed by atoms with Crippen molar-refractivity contribution in [3.8, 4) is 0 Å². The van der Waals surface area contributed by atoms with Gasteiger partial charge in [-0.05, 0) is 19.1 Å². The second kappa shape index (κ2) is 6.75. The lowest BCUT2D eigenvalue weighted by Crippen LogP contribution is -2.23. The summed E-state index contributed by atoms with van der Waals surface area (Å²) in [4.78, 5) is 23.7. The van der Waals surface area contributed by atoms with E-state index in [9.17, 15) is 18.0 Å². The topological polar surface area (TPSA) is 117 Å². The third kappa shape index (κ3) is 3.66. The number of aryl methyl sites for hydroxylation is 1. The van der Waals surface area contributed by atoms with E-state index in [1.54, 1.807) is 6.07 Å². The summed E-state index contributed by atoms with van der Waals surface area (Å²) in [5.41, 5.74) is 0. The minimum Gasteiger partial charge on any atom is -0.477 e. The van der Waals surface area contributed by atoms with Gasteiger partial charge in [-0.2, -0.15) is 0 Å². The highest BCUT2D eigenvalue weighted by Gasteiger charge is 2.25. The van der Waals surface area contributed by atoms with Crippen LogP contribution in [-0.2, 0) is 16.6 Å². The molecule has 0 atom stereocenters. The normalized spacial score (nSPS) is 11.7. The lowest BCUT2D eigenvalue weighted by molar-refractivity contribution is 0.0702. The van der Waals surface area contributed by atoms with Gasteiger partial charge in [0.1, 0.15) is 15.5 Å². The first-order valence-electron chi connectivity index (χ1n) is 6.76. The maximum atomic E-state index is 12.1. The molecule has 8 nitrogen and oxygen atoms in total. The molecular formula is C14H16N2O6S2. The van der Waals surface area contributed by atoms with E-state index in [0.29, 0.717) is 4.88 Å². The molecule has 0 bridgehead atoms. The van der Waals surface area contributed by atoms with Crippen molar-refractivity contribution in [3.63, 3.8) is 0 Å². The molecule has 0 unspecified atom stereocenters. The van der Waals surface area contributed by atoms with E-state index in [0.717, 1.165) is 15.6 Å². The van der Waals surface area contributed by atoms with Crippen molar-refractivity contribution >= 4 is 33.2 Å². The molecule has 0 fully saturated rings. The van der Waals surface area contributed by atoms with Crippen molar-refractivity contribution in [2.24, 2.45) is 0 Å². The zero-order valence-electron chi connectivity index (χ0n) is 13.2. The van der Waals surface area contributed by atoms with Gasteiger partial charge >= 0.3 is 5.97 Å². The van der Waals surface area contributed by atoms with E-state index in [-0.39, 0.29) is 27.8 Å². The minimum absolute atomic E-state index is 0.0677. The summed E-state index contributed by atoms with van der Waals surface area (Å²) in [6.07, 6.45) is 0. The lowest BCUT2D eigenvalue weighted by atomic mass is 10.4. The number of nitrogens with zero attached hydrogens (tertiary/aromatic N) is 1. The van der Waals surface area contributed by atoms with Gasteiger partial charge in [0.25, 0.3) is 5.91 Å². The summed E-state index contributed by atoms with van der Waals surface area (Å²) in [7, 11) is -0.923. The first kappa shape index (κ1) is 18.2. The SMILES string of the molecule is Cc1oc(C(=O)NCc2ccc(C(=O)O)s2)cc1S(=O)(=O)N(C)C. The highest BCUT2D eigenvalue weighted by molar-refractivity contribution is 7.89. The number of nitrogens with one attached hydrogen (secondary N) is 1. The quantitative estimate of drug-likeness (QED) is 0.794. The fourth-order valence-electron chi connectivity index (χ4n) is 1.87. The first-order valence-corrected chi connectivity index (χ1v) is 9.01. The standard InChI is InChI=1S/C14H16N2O6S2/c1-8-12(24(20,21)16(2)3)6-10(22-8)13(17)15-7-9-4-5-11(23-9)14(18)19/h4-6H,7H2,1-3H3,(H,15,17)(H,18,19). The van der Waals surface area contributed by atoms with E-state index in [2.05, 4.69) is 5.32 Å². The van der Waals surface area contributed by atoms with Crippen molar-refractivity contribution < 1.29 is 27.5 Å². The Balaban J connectivity index is 2.12. The number of hydrogen-bond donors (Lipinski definition) is 2. The van der Waals surface area contributed by atoms with Crippen LogP contribution in [0.25, 0.3) is 0 Å². The van der Waals surface area contributed by atoms with Crippen LogP contribution in [0.2, 0.25) is 0 Å². The molecule has 0 aromatic carbocycles. The Morgan fingerprint density at radius 1 is 1.33 bits per heavy atom. The lowest BCUT2D eigenvalue weighted by Gasteiger charge is -2.09. The highest BCUT2D eigenvalue weighted by atomic mass is 32.2. The van der Waals surface area contributed by atoms with Crippen LogP contribution in [0, 0.1) is 6.92 Å². The molecule has 0 saturated carbocycles. The van der Waals surface area contributed by atoms with Crippen molar-refractivity contribution in [1.29, 1.82) is 0 Å². The number of thiophene rings is 1. The van der Waals surface area contributed by atoms with Gasteiger partial charge in [-0.3, -0.25) is 4.79 Å². The second-order valence-electron chi connectivity index (χ2n) is 5.07. The van der Waals surface area contributed by atoms with Crippen LogP contribution in [-0.4, -0.2) is 43.8 Å². The van der Waals surface area contributed by atoms with Crippen LogP contribution in [0.1, 0.15) is 30.9 Å². The largest absolute Gasteiger partial charge is 0.477 e. The van der Waals surface area contributed by atoms with Crippen LogP contribution in [0.3, 0.4) is 0 Å². The van der Waals surface area contributed by atoms with Crippen molar-refractivity contribution in [2.75, 3.05) is 14.1 Å². The first-order chi connectivity index (χ1) is 11.1. The molecule has 10 heteroatoms. The monoisotopic (exact) mass is 372 g/mol. The third-order valence-electron chi connectivity index (χ3n) is 3.15. The average molecular weight is 372 g/mol. The van der Waals surface area contributed by atoms with E-state index < -0.39 is 21.9 Å². The van der Waals surface area contributed by atoms with Gasteiger partial charge in [0.2, 0.25) is 10.0 Å². The molecule has 2 aromatic rings. The van der Waals surface area contributed by atoms with Crippen LogP contribution < -0.4 is 5.32 Å². The van der Waals surface area contributed by atoms with E-state index in [1.165, 1.54) is 33.2 Å². The summed E-state index contributed by atoms with van der Waals surface area (Å²) in [6, 6.07) is 4.23. The molecule has 0 aliphatic carbocycles. The van der Waals surface area contributed by atoms with Gasteiger partial charge in [-0.1, -0.05) is 0 Å². The smallest absolute Gasteiger partial charge is 0.345 e. The molecule has 2 aromatic heterocycles. The van der Waals surface area contributed by atoms with E-state index in [4.69, 9.17) is 9.52 Å². The van der Waals surface area contributed by atoms with Crippen LogP contribution in [0.15, 0.2) is 27.5 Å². The number of carboxylic acid groups (broad SMARTS) is 1. The Bertz CT molecular complexity index is 879. The number of amides is 1. The molecule has 0 aliphatic rings. The number of furan rings is 1. The Kier molecular flexibility index (Phi) is 5.11. The molecule has 2 rings (SSSR count). The fourth-order valence-corrected chi connectivity index (χ4v) is 3.71. The molecule has 24 heavy (non-hydrogen) atoms. The Morgan fingerprint density at radius 3 is 2.54 bits per heavy atom. The van der Waals surface area contributed by atoms with Crippen molar-refractivity contribution in [3.05, 3.63) is 39.5 Å². The summed E-state index contributed by atoms with van der Waals surface area (Å²) in [5, 5.41) is 11.4. The molecular weight excluding hydrogens is 356 g/mol. The summed E-state index contributed by atoms with van der Waals surface area (Å²) >= 11 is 1.05. The third-order valence-corrected chi connectivity index (χ3v) is 6.15. The molecule has 0 saturated heterocycles. The Morgan fingerprint density at radius 2 is 2.00 bits per heavy atom. The molecule has 0 spiro atoms. The van der Waals surface area contributed by atoms with E-state index >= 15 is 0 Å². The predicted octanol–water partition coefficient (Wildman–Crippen LogP) is 1.53. The van der Waals surface area contributed by atoms with Crippen LogP contribution in [0.4, 0.5) is 0 Å². The van der Waals surface area contributed by atoms with Gasteiger partial charge in [0.15, 0.2) is 5.76 Å². The molecule has 130 valence electrons. The summed E-state index contributed by atoms with van der Waals surface area (Å²) < 4.78 is 30.5. The van der Waals surface area contributed by atoms with Gasteiger partial charge in [-0.25, -0.2) is 17.5 Å². The number of sulfonamides is 1. The second-order valence-corrected chi connectivity index (χ2v) is 8.36. The summed E-state index contributed by atoms with van der Waals surface area (Å²) in [5.74, 6) is -1.61. The predicted molar refractivity (Wildman–Crippen MR) is 86.8 cm³/mol. The number of carbonyl (C=O) groups is 2. The van der Waals surface area contributed by atoms with E-state index in [1.807, 2.05) is 0 Å². The number of carbonyl (C=O) groups excluding carboxylic acids is 1. The minimum atomic E-state index is -3.70. The van der Waals surface area contributed by atoms with Crippen LogP contribution >= 0.6 is 11.3 Å². The number of carboxylic acids is 1. The molecule has 0 aliphatic heterocycles. The average Bonchev–Trinajstić information content (AvgIpc) is 3.11. The van der Waals surface area contributed by atoms with Crippen molar-refractivity contribution in [1.82, 2.24) is 9.62 Å². The molecule has 0 radical (unpaired) electrons. The zero-order valence-corrected chi connectivity index (χ0v) is 14.8. The maximum Gasteiger partial charge on any atom is 0.345 e. The van der Waals surface area contributed by atoms with Gasteiger partial charge in [0, 0.05) is 25.0 Å². The van der Waals surface area contributed by atoms with Gasteiger partial charge < -0.3 is 14.8 Å². The number of hydrogen-bond acceptors (Lipinski definition) is 6. The van der Waals surface area contributed by atoms with Gasteiger partial charge in [0.05, 0.1) is 6.54 Å². The molecule has 2 N–H and O–H groups in total. The van der Waals surface area contributed by atoms with Crippen LogP contribution in [0.5, 0.6) is 0 Å². The highest BCUT2D eigenvalue weighted by Crippen LogP contribution is 2.22. The fraction of sp³-hybridized carbons (Fsp3) is 0.286. The Labute approximate surface area is 142 Å². The molecule has 2 heterocycles. The van der Waals surface area contributed by atoms with Gasteiger partial charge in [-0.15, -0.1) is 11.3 Å². The number of aromatic carboxylic acids is 1. The molecule has 1 amide bonds. The zero-order chi connectivity index (χ0) is 18.1. The number of rotatable bonds is 6. The summed E-state index contributed by atoms with van der Waals surface area (Å²) in [6.45, 7) is 1.58. The Hall–Kier alpha value is -2.17. The van der Waals surface area contributed by atoms with Crippen molar-refractivity contribution in [2.45, 2.75) is 18.4 Å². The maximum absolute atomic E-state index is 12.1.